The number of nitrogens with zero attached hydrogens (tertiary/aromatic N) is 1. The highest BCUT2D eigenvalue weighted by molar-refractivity contribution is 14.1. The second-order valence-electron chi connectivity index (χ2n) is 6.19. The molecule has 3 heteroatoms. The molecule has 2 aliphatic rings. The van der Waals surface area contributed by atoms with Crippen molar-refractivity contribution in [2.45, 2.75) is 51.5 Å². The molecular weight excluding hydrogens is 359 g/mol. The maximum Gasteiger partial charge on any atom is 0.0379 e. The third-order valence-electron chi connectivity index (χ3n) is 4.78. The molecule has 2 nitrogen and oxygen atoms in total. The largest absolute Gasteiger partial charge is 0.384 e. The minimum Gasteiger partial charge on any atom is -0.384 e. The van der Waals surface area contributed by atoms with Gasteiger partial charge >= 0.3 is 0 Å². The van der Waals surface area contributed by atoms with E-state index in [-0.39, 0.29) is 0 Å². The Balaban J connectivity index is 1.88. The van der Waals surface area contributed by atoms with Gasteiger partial charge in [0.1, 0.15) is 0 Å². The molecule has 0 saturated carbocycles. The average molecular weight is 384 g/mol. The molecule has 2 atom stereocenters. The molecule has 110 valence electrons. The van der Waals surface area contributed by atoms with E-state index >= 15 is 0 Å². The Hall–Kier alpha value is -0.290. The number of halogens is 1. The molecule has 1 aromatic rings. The van der Waals surface area contributed by atoms with Crippen LogP contribution in [-0.4, -0.2) is 30.6 Å². The van der Waals surface area contributed by atoms with Crippen molar-refractivity contribution in [1.29, 1.82) is 0 Å². The fourth-order valence-corrected chi connectivity index (χ4v) is 4.67. The third kappa shape index (κ3) is 2.59. The number of nitrogens with one attached hydrogen (secondary N) is 1. The summed E-state index contributed by atoms with van der Waals surface area (Å²) >= 11 is 2.53. The quantitative estimate of drug-likeness (QED) is 0.765. The van der Waals surface area contributed by atoms with Gasteiger partial charge in [-0.3, -0.25) is 0 Å². The van der Waals surface area contributed by atoms with Crippen molar-refractivity contribution in [3.05, 3.63) is 26.8 Å². The lowest BCUT2D eigenvalue weighted by atomic mass is 9.80. The van der Waals surface area contributed by atoms with Gasteiger partial charge in [-0.15, -0.1) is 0 Å². The van der Waals surface area contributed by atoms with E-state index in [4.69, 9.17) is 0 Å². The average Bonchev–Trinajstić information content (AvgIpc) is 2.86. The Morgan fingerprint density at radius 1 is 1.25 bits per heavy atom. The van der Waals surface area contributed by atoms with Crippen LogP contribution in [0.3, 0.4) is 0 Å². The first-order valence-electron chi connectivity index (χ1n) is 8.03. The second-order valence-corrected chi connectivity index (χ2v) is 7.36. The molecule has 1 heterocycles. The maximum absolute atomic E-state index is 3.61. The summed E-state index contributed by atoms with van der Waals surface area (Å²) < 4.78 is 1.47. The lowest BCUT2D eigenvalue weighted by Crippen LogP contribution is -2.41. The zero-order valence-electron chi connectivity index (χ0n) is 12.6. The minimum absolute atomic E-state index is 0.740. The van der Waals surface area contributed by atoms with Gasteiger partial charge in [0.15, 0.2) is 0 Å². The van der Waals surface area contributed by atoms with E-state index in [0.29, 0.717) is 0 Å². The van der Waals surface area contributed by atoms with E-state index in [1.54, 1.807) is 11.1 Å². The van der Waals surface area contributed by atoms with Gasteiger partial charge in [-0.2, -0.15) is 0 Å². The Kier molecular flexibility index (Phi) is 4.55. The van der Waals surface area contributed by atoms with Crippen LogP contribution in [0.1, 0.15) is 50.2 Å². The SMILES string of the molecule is CCCN(CCC)C1Cc2c(I)ccc3c2C(CN3)C1. The van der Waals surface area contributed by atoms with Crippen LogP contribution in [-0.2, 0) is 6.42 Å². The molecule has 1 aliphatic heterocycles. The van der Waals surface area contributed by atoms with Crippen LogP contribution in [0.5, 0.6) is 0 Å². The number of anilines is 1. The van der Waals surface area contributed by atoms with E-state index in [1.165, 1.54) is 48.0 Å². The van der Waals surface area contributed by atoms with E-state index in [1.807, 2.05) is 0 Å². The smallest absolute Gasteiger partial charge is 0.0379 e. The van der Waals surface area contributed by atoms with Gasteiger partial charge in [0.25, 0.3) is 0 Å². The molecule has 0 saturated heterocycles. The number of hydrogen-bond donors (Lipinski definition) is 1. The summed E-state index contributed by atoms with van der Waals surface area (Å²) in [6.45, 7) is 8.26. The minimum atomic E-state index is 0.740. The molecule has 0 amide bonds. The summed E-state index contributed by atoms with van der Waals surface area (Å²) in [5, 5.41) is 3.61. The Morgan fingerprint density at radius 3 is 2.70 bits per heavy atom. The molecule has 1 aliphatic carbocycles. The lowest BCUT2D eigenvalue weighted by Gasteiger charge is -2.37. The molecular formula is C17H25IN2. The summed E-state index contributed by atoms with van der Waals surface area (Å²) in [7, 11) is 0. The summed E-state index contributed by atoms with van der Waals surface area (Å²) in [4.78, 5) is 2.74. The van der Waals surface area contributed by atoms with E-state index in [9.17, 15) is 0 Å². The van der Waals surface area contributed by atoms with Crippen LogP contribution < -0.4 is 5.32 Å². The van der Waals surface area contributed by atoms with E-state index in [2.05, 4.69) is 58.8 Å². The highest BCUT2D eigenvalue weighted by atomic mass is 127. The van der Waals surface area contributed by atoms with Crippen LogP contribution >= 0.6 is 22.6 Å². The standard InChI is InChI=1S/C17H25IN2/c1-3-7-20(8-4-2)13-9-12-11-19-16-6-5-15(18)14(10-13)17(12)16/h5-6,12-13,19H,3-4,7-11H2,1-2H3. The van der Waals surface area contributed by atoms with Gasteiger partial charge in [-0.25, -0.2) is 0 Å². The Bertz CT molecular complexity index is 480. The molecule has 0 fully saturated rings. The zero-order valence-corrected chi connectivity index (χ0v) is 14.7. The fourth-order valence-electron chi connectivity index (χ4n) is 3.98. The first kappa shape index (κ1) is 14.6. The van der Waals surface area contributed by atoms with E-state index in [0.717, 1.165) is 18.5 Å². The fraction of sp³-hybridized carbons (Fsp3) is 0.647. The normalized spacial score (nSPS) is 23.8. The van der Waals surface area contributed by atoms with Gasteiger partial charge in [0, 0.05) is 27.8 Å². The molecule has 1 aromatic carbocycles. The first-order chi connectivity index (χ1) is 9.74. The van der Waals surface area contributed by atoms with Crippen LogP contribution in [0.15, 0.2) is 12.1 Å². The number of benzene rings is 1. The molecule has 20 heavy (non-hydrogen) atoms. The van der Waals surface area contributed by atoms with Crippen LogP contribution in [0.25, 0.3) is 0 Å². The van der Waals surface area contributed by atoms with Gasteiger partial charge in [-0.1, -0.05) is 13.8 Å². The summed E-state index contributed by atoms with van der Waals surface area (Å²) in [6.07, 6.45) is 5.12. The van der Waals surface area contributed by atoms with Gasteiger partial charge in [0.2, 0.25) is 0 Å². The zero-order chi connectivity index (χ0) is 14.1. The number of rotatable bonds is 5. The second kappa shape index (κ2) is 6.22. The van der Waals surface area contributed by atoms with Crippen molar-refractivity contribution in [3.63, 3.8) is 0 Å². The van der Waals surface area contributed by atoms with Crippen molar-refractivity contribution in [1.82, 2.24) is 4.90 Å². The lowest BCUT2D eigenvalue weighted by molar-refractivity contribution is 0.172. The van der Waals surface area contributed by atoms with Crippen molar-refractivity contribution in [3.8, 4) is 0 Å². The van der Waals surface area contributed by atoms with Crippen molar-refractivity contribution >= 4 is 28.3 Å². The highest BCUT2D eigenvalue weighted by Crippen LogP contribution is 2.44. The van der Waals surface area contributed by atoms with Crippen LogP contribution in [0.2, 0.25) is 0 Å². The third-order valence-corrected chi connectivity index (χ3v) is 5.79. The predicted molar refractivity (Wildman–Crippen MR) is 94.7 cm³/mol. The molecule has 0 bridgehead atoms. The van der Waals surface area contributed by atoms with Crippen molar-refractivity contribution in [2.75, 3.05) is 25.0 Å². The molecule has 3 rings (SSSR count). The van der Waals surface area contributed by atoms with Crippen molar-refractivity contribution < 1.29 is 0 Å². The van der Waals surface area contributed by atoms with Gasteiger partial charge < -0.3 is 10.2 Å². The van der Waals surface area contributed by atoms with Crippen LogP contribution in [0, 0.1) is 3.57 Å². The molecule has 0 aromatic heterocycles. The molecule has 2 unspecified atom stereocenters. The summed E-state index contributed by atoms with van der Waals surface area (Å²) in [6, 6.07) is 5.31. The summed E-state index contributed by atoms with van der Waals surface area (Å²) in [5.41, 5.74) is 4.68. The highest BCUT2D eigenvalue weighted by Gasteiger charge is 2.35. The number of hydrogen-bond acceptors (Lipinski definition) is 2. The predicted octanol–water partition coefficient (Wildman–Crippen LogP) is 4.24. The maximum atomic E-state index is 3.61. The molecule has 0 spiro atoms. The van der Waals surface area contributed by atoms with Gasteiger partial charge in [0.05, 0.1) is 0 Å². The molecule has 0 radical (unpaired) electrons. The van der Waals surface area contributed by atoms with Gasteiger partial charge in [-0.05, 0) is 84.6 Å². The topological polar surface area (TPSA) is 15.3 Å². The summed E-state index contributed by atoms with van der Waals surface area (Å²) in [5.74, 6) is 0.740. The first-order valence-corrected chi connectivity index (χ1v) is 9.11. The molecule has 1 N–H and O–H groups in total. The van der Waals surface area contributed by atoms with Crippen LogP contribution in [0.4, 0.5) is 5.69 Å². The Morgan fingerprint density at radius 2 is 2.00 bits per heavy atom. The Labute approximate surface area is 136 Å². The monoisotopic (exact) mass is 384 g/mol. The van der Waals surface area contributed by atoms with Crippen molar-refractivity contribution in [2.24, 2.45) is 0 Å². The van der Waals surface area contributed by atoms with E-state index < -0.39 is 0 Å².